The highest BCUT2D eigenvalue weighted by Gasteiger charge is 2.15. The number of hydrogen-bond acceptors (Lipinski definition) is 4. The number of rotatable bonds is 2. The number of nitrogens with one attached hydrogen (secondary N) is 3. The van der Waals surface area contributed by atoms with Crippen molar-refractivity contribution in [3.05, 3.63) is 33.1 Å². The predicted octanol–water partition coefficient (Wildman–Crippen LogP) is -1.41. The van der Waals surface area contributed by atoms with Crippen LogP contribution in [-0.4, -0.2) is 29.9 Å². The first kappa shape index (κ1) is 8.48. The van der Waals surface area contributed by atoms with Crippen LogP contribution in [0.5, 0.6) is 0 Å². The number of nitrogens with zero attached hydrogens (tertiary/aromatic N) is 3. The second-order valence-corrected chi connectivity index (χ2v) is 2.78. The van der Waals surface area contributed by atoms with Gasteiger partial charge in [-0.25, -0.2) is 29.3 Å². The Balaban J connectivity index is 2.51. The number of H-pyrrole nitrogens is 3. The molecule has 8 heteroatoms. The molecular weight excluding hydrogens is 188 g/mol. The molecule has 2 heterocycles. The summed E-state index contributed by atoms with van der Waals surface area (Å²) in [6, 6.07) is -0.472. The molecule has 2 aromatic rings. The van der Waals surface area contributed by atoms with E-state index in [0.29, 0.717) is 5.82 Å². The minimum Gasteiger partial charge on any atom is -0.262 e. The predicted molar refractivity (Wildman–Crippen MR) is 45.9 cm³/mol. The van der Waals surface area contributed by atoms with E-state index in [1.165, 1.54) is 6.33 Å². The normalized spacial score (nSPS) is 12.9. The molecule has 14 heavy (non-hydrogen) atoms. The zero-order valence-corrected chi connectivity index (χ0v) is 7.31. The summed E-state index contributed by atoms with van der Waals surface area (Å²) in [5, 5.41) is 10.6. The van der Waals surface area contributed by atoms with Crippen molar-refractivity contribution in [3.63, 3.8) is 0 Å². The van der Waals surface area contributed by atoms with Gasteiger partial charge in [0.15, 0.2) is 0 Å². The molecule has 0 fully saturated rings. The summed E-state index contributed by atoms with van der Waals surface area (Å²) in [5.41, 5.74) is -1.00. The summed E-state index contributed by atoms with van der Waals surface area (Å²) in [6.07, 6.45) is 1.32. The van der Waals surface area contributed by atoms with Crippen LogP contribution in [0.3, 0.4) is 0 Å². The lowest BCUT2D eigenvalue weighted by atomic mass is 10.3. The first-order valence-corrected chi connectivity index (χ1v) is 3.94. The van der Waals surface area contributed by atoms with Gasteiger partial charge in [-0.3, -0.25) is 5.10 Å². The van der Waals surface area contributed by atoms with E-state index in [1.807, 2.05) is 0 Å². The van der Waals surface area contributed by atoms with Crippen molar-refractivity contribution in [1.29, 1.82) is 0 Å². The van der Waals surface area contributed by atoms with E-state index in [1.54, 1.807) is 6.92 Å². The van der Waals surface area contributed by atoms with Gasteiger partial charge in [-0.1, -0.05) is 0 Å². The molecular formula is C6H8N6O2. The maximum atomic E-state index is 11.2. The highest BCUT2D eigenvalue weighted by molar-refractivity contribution is 4.92. The highest BCUT2D eigenvalue weighted by Crippen LogP contribution is 2.05. The van der Waals surface area contributed by atoms with Crippen molar-refractivity contribution in [2.45, 2.75) is 13.0 Å². The van der Waals surface area contributed by atoms with E-state index in [2.05, 4.69) is 25.4 Å². The minimum atomic E-state index is -0.501. The third-order valence-corrected chi connectivity index (χ3v) is 1.93. The van der Waals surface area contributed by atoms with Gasteiger partial charge in [0, 0.05) is 0 Å². The maximum absolute atomic E-state index is 11.2. The second kappa shape index (κ2) is 2.98. The summed E-state index contributed by atoms with van der Waals surface area (Å²) >= 11 is 0. The van der Waals surface area contributed by atoms with Gasteiger partial charge in [0.25, 0.3) is 0 Å². The summed E-state index contributed by atoms with van der Waals surface area (Å²) in [5.74, 6) is 0.456. The molecule has 1 unspecified atom stereocenters. The first-order chi connectivity index (χ1) is 6.70. The fraction of sp³-hybridized carbons (Fsp3) is 0.333. The Labute approximate surface area is 77.0 Å². The van der Waals surface area contributed by atoms with Crippen LogP contribution in [0.2, 0.25) is 0 Å². The van der Waals surface area contributed by atoms with Crippen LogP contribution in [0.4, 0.5) is 0 Å². The van der Waals surface area contributed by atoms with Gasteiger partial charge in [-0.15, -0.1) is 0 Å². The van der Waals surface area contributed by atoms with E-state index in [4.69, 9.17) is 0 Å². The van der Waals surface area contributed by atoms with Crippen molar-refractivity contribution in [2.75, 3.05) is 0 Å². The smallest absolute Gasteiger partial charge is 0.262 e. The largest absolute Gasteiger partial charge is 0.345 e. The number of aromatic amines is 3. The Morgan fingerprint density at radius 2 is 2.00 bits per heavy atom. The summed E-state index contributed by atoms with van der Waals surface area (Å²) < 4.78 is 1.01. The van der Waals surface area contributed by atoms with E-state index in [-0.39, 0.29) is 0 Å². The van der Waals surface area contributed by atoms with Gasteiger partial charge < -0.3 is 0 Å². The molecule has 0 spiro atoms. The van der Waals surface area contributed by atoms with Crippen LogP contribution in [0.1, 0.15) is 18.8 Å². The molecule has 8 nitrogen and oxygen atoms in total. The van der Waals surface area contributed by atoms with Crippen molar-refractivity contribution in [2.24, 2.45) is 0 Å². The fourth-order valence-corrected chi connectivity index (χ4v) is 1.21. The molecule has 0 aliphatic carbocycles. The Morgan fingerprint density at radius 3 is 2.50 bits per heavy atom. The molecule has 74 valence electrons. The molecule has 0 aliphatic heterocycles. The van der Waals surface area contributed by atoms with Crippen LogP contribution in [-0.2, 0) is 0 Å². The minimum absolute atomic E-state index is 0.456. The average Bonchev–Trinajstić information content (AvgIpc) is 2.75. The van der Waals surface area contributed by atoms with Crippen LogP contribution < -0.4 is 11.4 Å². The molecule has 0 aliphatic rings. The van der Waals surface area contributed by atoms with E-state index < -0.39 is 17.4 Å². The zero-order chi connectivity index (χ0) is 10.1. The van der Waals surface area contributed by atoms with Gasteiger partial charge in [0.2, 0.25) is 0 Å². The lowest BCUT2D eigenvalue weighted by Gasteiger charge is -2.05. The third kappa shape index (κ3) is 1.16. The average molecular weight is 196 g/mol. The van der Waals surface area contributed by atoms with Gasteiger partial charge in [0.1, 0.15) is 12.2 Å². The van der Waals surface area contributed by atoms with E-state index >= 15 is 0 Å². The van der Waals surface area contributed by atoms with Crippen molar-refractivity contribution in [3.8, 4) is 0 Å². The quantitative estimate of drug-likeness (QED) is 0.547. The van der Waals surface area contributed by atoms with Gasteiger partial charge >= 0.3 is 11.4 Å². The molecule has 2 aromatic heterocycles. The van der Waals surface area contributed by atoms with Gasteiger partial charge in [-0.05, 0) is 6.92 Å². The Kier molecular flexibility index (Phi) is 1.80. The van der Waals surface area contributed by atoms with Crippen LogP contribution >= 0.6 is 0 Å². The van der Waals surface area contributed by atoms with Crippen LogP contribution in [0, 0.1) is 0 Å². The Bertz CT molecular complexity index is 490. The first-order valence-electron chi connectivity index (χ1n) is 3.94. The molecule has 0 saturated heterocycles. The lowest BCUT2D eigenvalue weighted by Crippen LogP contribution is -2.30. The number of aromatic nitrogens is 6. The molecule has 0 bridgehead atoms. The highest BCUT2D eigenvalue weighted by atomic mass is 16.2. The van der Waals surface area contributed by atoms with Crippen LogP contribution in [0.15, 0.2) is 15.9 Å². The Hall–Kier alpha value is -2.12. The summed E-state index contributed by atoms with van der Waals surface area (Å²) in [6.45, 7) is 1.67. The van der Waals surface area contributed by atoms with E-state index in [0.717, 1.165) is 4.57 Å². The van der Waals surface area contributed by atoms with Crippen molar-refractivity contribution in [1.82, 2.24) is 29.9 Å². The molecule has 3 N–H and O–H groups in total. The van der Waals surface area contributed by atoms with E-state index in [9.17, 15) is 9.59 Å². The van der Waals surface area contributed by atoms with Crippen molar-refractivity contribution < 1.29 is 0 Å². The summed E-state index contributed by atoms with van der Waals surface area (Å²) in [4.78, 5) is 26.2. The standard InChI is InChI=1S/C6H8N6O2/c1-3(4-7-2-8-9-4)12-5(13)10-11-6(12)14/h2-3H,1H3,(H,10,13)(H,11,14)(H,7,8,9). The second-order valence-electron chi connectivity index (χ2n) is 2.78. The van der Waals surface area contributed by atoms with Gasteiger partial charge in [0.05, 0.1) is 6.04 Å². The maximum Gasteiger partial charge on any atom is 0.345 e. The van der Waals surface area contributed by atoms with Crippen LogP contribution in [0.25, 0.3) is 0 Å². The van der Waals surface area contributed by atoms with Crippen molar-refractivity contribution >= 4 is 0 Å². The third-order valence-electron chi connectivity index (χ3n) is 1.93. The molecule has 0 aromatic carbocycles. The SMILES string of the molecule is CC(c1ncn[nH]1)n1c(=O)[nH][nH]c1=O. The summed E-state index contributed by atoms with van der Waals surface area (Å²) in [7, 11) is 0. The Morgan fingerprint density at radius 1 is 1.36 bits per heavy atom. The molecule has 0 amide bonds. The van der Waals surface area contributed by atoms with Gasteiger partial charge in [-0.2, -0.15) is 5.10 Å². The monoisotopic (exact) mass is 196 g/mol. The topological polar surface area (TPSA) is 112 Å². The zero-order valence-electron chi connectivity index (χ0n) is 7.31. The molecule has 0 saturated carbocycles. The molecule has 2 rings (SSSR count). The molecule has 0 radical (unpaired) electrons. The number of hydrogen-bond donors (Lipinski definition) is 3. The lowest BCUT2D eigenvalue weighted by molar-refractivity contribution is 0.566. The fourth-order valence-electron chi connectivity index (χ4n) is 1.21. The molecule has 1 atom stereocenters.